The Balaban J connectivity index is 2.67. The van der Waals surface area contributed by atoms with Gasteiger partial charge in [-0.25, -0.2) is 13.2 Å². The minimum atomic E-state index is -3.63. The van der Waals surface area contributed by atoms with Crippen LogP contribution in [-0.2, 0) is 19.5 Å². The molecule has 0 amide bonds. The number of nitrogens with one attached hydrogen (secondary N) is 1. The van der Waals surface area contributed by atoms with Crippen LogP contribution < -0.4 is 4.72 Å². The summed E-state index contributed by atoms with van der Waals surface area (Å²) in [6.07, 6.45) is 0. The Bertz CT molecular complexity index is 589. The second-order valence-corrected chi connectivity index (χ2v) is 6.63. The number of carboxylic acids is 1. The van der Waals surface area contributed by atoms with Gasteiger partial charge in [-0.3, -0.25) is 4.72 Å². The number of benzene rings is 1. The lowest BCUT2D eigenvalue weighted by Gasteiger charge is -2.11. The number of methoxy groups -OCH3 is 1. The van der Waals surface area contributed by atoms with E-state index >= 15 is 0 Å². The number of rotatable bonds is 9. The molecule has 0 unspecified atom stereocenters. The van der Waals surface area contributed by atoms with Gasteiger partial charge in [0.15, 0.2) is 0 Å². The zero-order chi connectivity index (χ0) is 15.9. The first-order chi connectivity index (χ1) is 9.87. The number of carboxylic acid groups (broad SMARTS) is 1. The van der Waals surface area contributed by atoms with Gasteiger partial charge < -0.3 is 14.6 Å². The minimum absolute atomic E-state index is 0.0217. The Labute approximate surface area is 131 Å². The molecule has 0 spiro atoms. The maximum absolute atomic E-state index is 11.9. The number of aromatic carboxylic acids is 1. The van der Waals surface area contributed by atoms with Crippen molar-refractivity contribution < 1.29 is 27.8 Å². The third kappa shape index (κ3) is 6.00. The summed E-state index contributed by atoms with van der Waals surface area (Å²) in [5.41, 5.74) is 0.151. The summed E-state index contributed by atoms with van der Waals surface area (Å²) in [4.78, 5) is 11.0. The second kappa shape index (κ2) is 8.32. The van der Waals surface area contributed by atoms with Crippen molar-refractivity contribution in [3.05, 3.63) is 28.2 Å². The van der Waals surface area contributed by atoms with Gasteiger partial charge in [0.1, 0.15) is 0 Å². The lowest BCUT2D eigenvalue weighted by atomic mass is 10.2. The van der Waals surface area contributed by atoms with Crippen LogP contribution in [0.15, 0.2) is 22.7 Å². The first kappa shape index (κ1) is 17.9. The van der Waals surface area contributed by atoms with Gasteiger partial charge in [-0.15, -0.1) is 0 Å². The summed E-state index contributed by atoms with van der Waals surface area (Å²) in [7, 11) is -2.10. The molecule has 9 heteroatoms. The van der Waals surface area contributed by atoms with Gasteiger partial charge in [0.05, 0.1) is 41.3 Å². The molecule has 0 radical (unpaired) electrons. The normalized spacial score (nSPS) is 11.3. The monoisotopic (exact) mass is 381 g/mol. The molecule has 1 aromatic rings. The van der Waals surface area contributed by atoms with Crippen molar-refractivity contribution in [3.8, 4) is 0 Å². The fourth-order valence-corrected chi connectivity index (χ4v) is 3.02. The molecule has 0 aliphatic rings. The standard InChI is InChI=1S/C12H16BrNO6S/c1-19-5-6-20-7-8-21(17,18)14-10-4-2-3-9(11(10)13)12(15)16/h2-4,14H,5-8H2,1H3,(H,15,16). The summed E-state index contributed by atoms with van der Waals surface area (Å²) in [5.74, 6) is -1.38. The Morgan fingerprint density at radius 1 is 1.33 bits per heavy atom. The summed E-state index contributed by atoms with van der Waals surface area (Å²) in [6.45, 7) is 0.721. The molecule has 0 aliphatic heterocycles. The number of hydrogen-bond donors (Lipinski definition) is 2. The third-order valence-corrected chi connectivity index (χ3v) is 4.51. The molecule has 0 aromatic heterocycles. The van der Waals surface area contributed by atoms with Crippen molar-refractivity contribution in [1.82, 2.24) is 0 Å². The molecule has 1 aromatic carbocycles. The lowest BCUT2D eigenvalue weighted by molar-refractivity contribution is 0.0696. The lowest BCUT2D eigenvalue weighted by Crippen LogP contribution is -2.21. The molecule has 0 bridgehead atoms. The van der Waals surface area contributed by atoms with Crippen molar-refractivity contribution in [3.63, 3.8) is 0 Å². The highest BCUT2D eigenvalue weighted by Gasteiger charge is 2.16. The summed E-state index contributed by atoms with van der Waals surface area (Å²) < 4.78 is 36.1. The van der Waals surface area contributed by atoms with E-state index in [-0.39, 0.29) is 28.1 Å². The summed E-state index contributed by atoms with van der Waals surface area (Å²) in [5, 5.41) is 8.97. The molecule has 2 N–H and O–H groups in total. The largest absolute Gasteiger partial charge is 0.478 e. The van der Waals surface area contributed by atoms with Crippen LogP contribution in [0.5, 0.6) is 0 Å². The highest BCUT2D eigenvalue weighted by atomic mass is 79.9. The van der Waals surface area contributed by atoms with Gasteiger partial charge in [0, 0.05) is 7.11 Å². The number of sulfonamides is 1. The average Bonchev–Trinajstić information content (AvgIpc) is 2.40. The molecule has 118 valence electrons. The number of ether oxygens (including phenoxy) is 2. The van der Waals surface area contributed by atoms with Crippen LogP contribution >= 0.6 is 15.9 Å². The number of halogens is 1. The molecule has 0 aliphatic carbocycles. The number of carbonyl (C=O) groups is 1. The van der Waals surface area contributed by atoms with Crippen molar-refractivity contribution >= 4 is 37.6 Å². The number of anilines is 1. The van der Waals surface area contributed by atoms with Gasteiger partial charge in [-0.2, -0.15) is 0 Å². The molecular formula is C12H16BrNO6S. The average molecular weight is 382 g/mol. The maximum Gasteiger partial charge on any atom is 0.336 e. The van der Waals surface area contributed by atoms with E-state index in [0.717, 1.165) is 0 Å². The van der Waals surface area contributed by atoms with E-state index in [1.54, 1.807) is 0 Å². The topological polar surface area (TPSA) is 102 Å². The molecule has 0 atom stereocenters. The summed E-state index contributed by atoms with van der Waals surface area (Å²) >= 11 is 3.08. The zero-order valence-electron chi connectivity index (χ0n) is 11.3. The Kier molecular flexibility index (Phi) is 7.09. The van der Waals surface area contributed by atoms with Gasteiger partial charge >= 0.3 is 5.97 Å². The van der Waals surface area contributed by atoms with Crippen molar-refractivity contribution in [1.29, 1.82) is 0 Å². The molecule has 0 saturated heterocycles. The fraction of sp³-hybridized carbons (Fsp3) is 0.417. The van der Waals surface area contributed by atoms with E-state index in [2.05, 4.69) is 20.7 Å². The van der Waals surface area contributed by atoms with Crippen molar-refractivity contribution in [2.45, 2.75) is 0 Å². The van der Waals surface area contributed by atoms with E-state index < -0.39 is 16.0 Å². The first-order valence-corrected chi connectivity index (χ1v) is 8.41. The van der Waals surface area contributed by atoms with Crippen molar-refractivity contribution in [2.75, 3.05) is 37.4 Å². The SMILES string of the molecule is COCCOCCS(=O)(=O)Nc1cccc(C(=O)O)c1Br. The molecule has 0 heterocycles. The summed E-state index contributed by atoms with van der Waals surface area (Å²) in [6, 6.07) is 4.30. The molecule has 0 fully saturated rings. The van der Waals surface area contributed by atoms with E-state index in [1.807, 2.05) is 0 Å². The van der Waals surface area contributed by atoms with Crippen LogP contribution in [-0.4, -0.2) is 52.2 Å². The molecule has 1 rings (SSSR count). The van der Waals surface area contributed by atoms with E-state index in [4.69, 9.17) is 14.6 Å². The minimum Gasteiger partial charge on any atom is -0.478 e. The Morgan fingerprint density at radius 2 is 2.05 bits per heavy atom. The second-order valence-electron chi connectivity index (χ2n) is 4.00. The van der Waals surface area contributed by atoms with Crippen LogP contribution in [0.3, 0.4) is 0 Å². The fourth-order valence-electron chi connectivity index (χ4n) is 1.41. The Hall–Kier alpha value is -1.16. The Morgan fingerprint density at radius 3 is 2.67 bits per heavy atom. The zero-order valence-corrected chi connectivity index (χ0v) is 13.7. The predicted molar refractivity (Wildman–Crippen MR) is 81.2 cm³/mol. The van der Waals surface area contributed by atoms with Gasteiger partial charge in [-0.1, -0.05) is 6.07 Å². The smallest absolute Gasteiger partial charge is 0.336 e. The van der Waals surface area contributed by atoms with E-state index in [1.165, 1.54) is 25.3 Å². The van der Waals surface area contributed by atoms with Crippen LogP contribution in [0.25, 0.3) is 0 Å². The highest BCUT2D eigenvalue weighted by Crippen LogP contribution is 2.27. The van der Waals surface area contributed by atoms with Gasteiger partial charge in [-0.05, 0) is 28.1 Å². The van der Waals surface area contributed by atoms with E-state index in [9.17, 15) is 13.2 Å². The number of hydrogen-bond acceptors (Lipinski definition) is 5. The highest BCUT2D eigenvalue weighted by molar-refractivity contribution is 9.10. The molecule has 21 heavy (non-hydrogen) atoms. The predicted octanol–water partition coefficient (Wildman–Crippen LogP) is 1.55. The van der Waals surface area contributed by atoms with Gasteiger partial charge in [0.2, 0.25) is 10.0 Å². The van der Waals surface area contributed by atoms with E-state index in [0.29, 0.717) is 13.2 Å². The first-order valence-electron chi connectivity index (χ1n) is 5.96. The van der Waals surface area contributed by atoms with Crippen LogP contribution in [0, 0.1) is 0 Å². The molecule has 7 nitrogen and oxygen atoms in total. The van der Waals surface area contributed by atoms with Crippen LogP contribution in [0.2, 0.25) is 0 Å². The third-order valence-electron chi connectivity index (χ3n) is 2.42. The maximum atomic E-state index is 11.9. The quantitative estimate of drug-likeness (QED) is 0.629. The molecular weight excluding hydrogens is 366 g/mol. The van der Waals surface area contributed by atoms with Crippen LogP contribution in [0.1, 0.15) is 10.4 Å². The van der Waals surface area contributed by atoms with Gasteiger partial charge in [0.25, 0.3) is 0 Å². The van der Waals surface area contributed by atoms with Crippen molar-refractivity contribution in [2.24, 2.45) is 0 Å². The van der Waals surface area contributed by atoms with Crippen LogP contribution in [0.4, 0.5) is 5.69 Å². The molecule has 0 saturated carbocycles.